The number of imide groups is 1. The molecular weight excluding hydrogens is 444 g/mol. The molecule has 5 rings (SSSR count). The van der Waals surface area contributed by atoms with Crippen LogP contribution in [0.25, 0.3) is 11.4 Å². The smallest absolute Gasteiger partial charge is 0.332 e. The van der Waals surface area contributed by atoms with E-state index in [1.165, 1.54) is 4.90 Å². The minimum absolute atomic E-state index is 0.114. The number of aromatic nitrogens is 2. The van der Waals surface area contributed by atoms with Crippen molar-refractivity contribution in [3.8, 4) is 17.1 Å². The van der Waals surface area contributed by atoms with Crippen LogP contribution in [0.15, 0.2) is 53.1 Å². The fourth-order valence-electron chi connectivity index (χ4n) is 5.11. The van der Waals surface area contributed by atoms with Gasteiger partial charge >= 0.3 is 6.03 Å². The van der Waals surface area contributed by atoms with Gasteiger partial charge < -0.3 is 14.2 Å². The molecule has 0 radical (unpaired) electrons. The average molecular weight is 475 g/mol. The SMILES string of the molecule is CCOc1ccccc1-c1noc(CN2C(=O)N(c3ccc(CC)cc3)C(=O)C3CCCCC32)n1. The molecule has 8 nitrogen and oxygen atoms in total. The van der Waals surface area contributed by atoms with Crippen LogP contribution in [-0.4, -0.2) is 39.6 Å². The lowest BCUT2D eigenvalue weighted by Gasteiger charge is -2.46. The summed E-state index contributed by atoms with van der Waals surface area (Å²) in [6.45, 7) is 4.67. The van der Waals surface area contributed by atoms with Gasteiger partial charge in [0.2, 0.25) is 17.6 Å². The Balaban J connectivity index is 1.44. The number of para-hydroxylation sites is 1. The minimum atomic E-state index is -0.336. The van der Waals surface area contributed by atoms with E-state index >= 15 is 0 Å². The van der Waals surface area contributed by atoms with Crippen LogP contribution in [0.1, 0.15) is 51.0 Å². The zero-order valence-electron chi connectivity index (χ0n) is 20.1. The van der Waals surface area contributed by atoms with Gasteiger partial charge in [-0.1, -0.05) is 49.2 Å². The topological polar surface area (TPSA) is 88.8 Å². The Morgan fingerprint density at radius 3 is 2.57 bits per heavy atom. The fourth-order valence-corrected chi connectivity index (χ4v) is 5.11. The molecule has 1 aromatic heterocycles. The molecule has 35 heavy (non-hydrogen) atoms. The van der Waals surface area contributed by atoms with Crippen LogP contribution in [0.2, 0.25) is 0 Å². The first-order valence-corrected chi connectivity index (χ1v) is 12.4. The average Bonchev–Trinajstić information content (AvgIpc) is 3.36. The van der Waals surface area contributed by atoms with Crippen LogP contribution in [0.4, 0.5) is 10.5 Å². The molecule has 2 heterocycles. The fraction of sp³-hybridized carbons (Fsp3) is 0.407. The third-order valence-corrected chi connectivity index (χ3v) is 6.91. The molecule has 2 aromatic carbocycles. The molecule has 2 fully saturated rings. The van der Waals surface area contributed by atoms with E-state index in [1.54, 1.807) is 4.90 Å². The molecule has 3 amide bonds. The van der Waals surface area contributed by atoms with E-state index in [0.717, 1.165) is 43.2 Å². The zero-order chi connectivity index (χ0) is 24.4. The van der Waals surface area contributed by atoms with Crippen molar-refractivity contribution >= 4 is 17.6 Å². The number of anilines is 1. The van der Waals surface area contributed by atoms with E-state index in [4.69, 9.17) is 9.26 Å². The van der Waals surface area contributed by atoms with Gasteiger partial charge in [-0.05, 0) is 56.0 Å². The van der Waals surface area contributed by atoms with E-state index in [2.05, 4.69) is 17.1 Å². The first-order valence-electron chi connectivity index (χ1n) is 12.4. The first-order chi connectivity index (χ1) is 17.1. The molecule has 8 heteroatoms. The quantitative estimate of drug-likeness (QED) is 0.466. The number of rotatable bonds is 7. The van der Waals surface area contributed by atoms with E-state index in [-0.39, 0.29) is 30.4 Å². The second kappa shape index (κ2) is 9.90. The van der Waals surface area contributed by atoms with Crippen molar-refractivity contribution in [2.24, 2.45) is 5.92 Å². The molecule has 0 N–H and O–H groups in total. The van der Waals surface area contributed by atoms with Crippen molar-refractivity contribution in [3.05, 3.63) is 60.0 Å². The normalized spacial score (nSPS) is 20.2. The van der Waals surface area contributed by atoms with Crippen molar-refractivity contribution in [1.82, 2.24) is 15.0 Å². The Hall–Kier alpha value is -3.68. The van der Waals surface area contributed by atoms with E-state index in [1.807, 2.05) is 55.5 Å². The second-order valence-electron chi connectivity index (χ2n) is 9.00. The van der Waals surface area contributed by atoms with Crippen LogP contribution >= 0.6 is 0 Å². The second-order valence-corrected chi connectivity index (χ2v) is 9.00. The third-order valence-electron chi connectivity index (χ3n) is 6.91. The highest BCUT2D eigenvalue weighted by Crippen LogP contribution is 2.37. The summed E-state index contributed by atoms with van der Waals surface area (Å²) < 4.78 is 11.3. The third kappa shape index (κ3) is 4.40. The molecule has 2 unspecified atom stereocenters. The van der Waals surface area contributed by atoms with Crippen LogP contribution in [0, 0.1) is 5.92 Å². The van der Waals surface area contributed by atoms with Gasteiger partial charge in [-0.2, -0.15) is 4.98 Å². The summed E-state index contributed by atoms with van der Waals surface area (Å²) in [5, 5.41) is 4.15. The summed E-state index contributed by atoms with van der Waals surface area (Å²) in [6.07, 6.45) is 4.42. The number of urea groups is 1. The molecule has 3 aromatic rings. The van der Waals surface area contributed by atoms with Gasteiger partial charge in [0.15, 0.2) is 0 Å². The summed E-state index contributed by atoms with van der Waals surface area (Å²) in [5.74, 6) is 1.08. The van der Waals surface area contributed by atoms with Gasteiger partial charge in [0.25, 0.3) is 0 Å². The van der Waals surface area contributed by atoms with Gasteiger partial charge in [0.05, 0.1) is 23.8 Å². The molecule has 1 aliphatic carbocycles. The van der Waals surface area contributed by atoms with Crippen molar-refractivity contribution in [2.75, 3.05) is 11.5 Å². The van der Waals surface area contributed by atoms with Gasteiger partial charge in [0.1, 0.15) is 12.3 Å². The Labute approximate surface area is 204 Å². The summed E-state index contributed by atoms with van der Waals surface area (Å²) in [5.41, 5.74) is 2.49. The maximum Gasteiger partial charge on any atom is 0.332 e. The summed E-state index contributed by atoms with van der Waals surface area (Å²) >= 11 is 0. The van der Waals surface area contributed by atoms with Crippen LogP contribution in [-0.2, 0) is 17.8 Å². The number of benzene rings is 2. The maximum atomic E-state index is 13.7. The maximum absolute atomic E-state index is 13.7. The number of fused-ring (bicyclic) bond motifs is 1. The van der Waals surface area contributed by atoms with Gasteiger partial charge in [-0.3, -0.25) is 4.79 Å². The monoisotopic (exact) mass is 474 g/mol. The first kappa shape index (κ1) is 23.1. The molecular formula is C27H30N4O4. The number of amides is 3. The molecule has 1 saturated heterocycles. The van der Waals surface area contributed by atoms with Gasteiger partial charge in [0, 0.05) is 6.04 Å². The Morgan fingerprint density at radius 2 is 1.80 bits per heavy atom. The molecule has 2 atom stereocenters. The van der Waals surface area contributed by atoms with E-state index < -0.39 is 0 Å². The van der Waals surface area contributed by atoms with Crippen LogP contribution < -0.4 is 9.64 Å². The van der Waals surface area contributed by atoms with Gasteiger partial charge in [-0.15, -0.1) is 0 Å². The lowest BCUT2D eigenvalue weighted by atomic mass is 9.81. The highest BCUT2D eigenvalue weighted by Gasteiger charge is 2.48. The molecule has 0 bridgehead atoms. The Kier molecular flexibility index (Phi) is 6.53. The van der Waals surface area contributed by atoms with E-state index in [9.17, 15) is 9.59 Å². The zero-order valence-corrected chi connectivity index (χ0v) is 20.1. The predicted octanol–water partition coefficient (Wildman–Crippen LogP) is 5.23. The number of ether oxygens (including phenoxy) is 1. The minimum Gasteiger partial charge on any atom is -0.493 e. The van der Waals surface area contributed by atoms with Crippen molar-refractivity contribution in [2.45, 2.75) is 58.5 Å². The molecule has 182 valence electrons. The predicted molar refractivity (Wildman–Crippen MR) is 131 cm³/mol. The van der Waals surface area contributed by atoms with Gasteiger partial charge in [-0.25, -0.2) is 9.69 Å². The molecule has 0 spiro atoms. The number of carbonyl (C=O) groups is 2. The molecule has 1 saturated carbocycles. The summed E-state index contributed by atoms with van der Waals surface area (Å²) in [6, 6.07) is 14.7. The molecule has 1 aliphatic heterocycles. The lowest BCUT2D eigenvalue weighted by Crippen LogP contribution is -2.62. The number of hydrogen-bond acceptors (Lipinski definition) is 6. The highest BCUT2D eigenvalue weighted by molar-refractivity contribution is 6.17. The standard InChI is InChI=1S/C27H30N4O4/c1-3-18-13-15-19(16-14-18)31-26(32)20-9-5-7-11-22(20)30(27(31)33)17-24-28-25(29-35-24)21-10-6-8-12-23(21)34-4-2/h6,8,10,12-16,20,22H,3-5,7,9,11,17H2,1-2H3. The van der Waals surface area contributed by atoms with E-state index in [0.29, 0.717) is 29.8 Å². The number of hydrogen-bond donors (Lipinski definition) is 0. The summed E-state index contributed by atoms with van der Waals surface area (Å²) in [7, 11) is 0. The van der Waals surface area contributed by atoms with Crippen molar-refractivity contribution in [3.63, 3.8) is 0 Å². The number of nitrogens with zero attached hydrogens (tertiary/aromatic N) is 4. The molecule has 2 aliphatic rings. The number of aryl methyl sites for hydroxylation is 1. The van der Waals surface area contributed by atoms with Crippen LogP contribution in [0.5, 0.6) is 5.75 Å². The number of carbonyl (C=O) groups excluding carboxylic acids is 2. The van der Waals surface area contributed by atoms with Crippen molar-refractivity contribution < 1.29 is 18.8 Å². The largest absolute Gasteiger partial charge is 0.493 e. The summed E-state index contributed by atoms with van der Waals surface area (Å²) in [4.78, 5) is 34.8. The highest BCUT2D eigenvalue weighted by atomic mass is 16.5. The lowest BCUT2D eigenvalue weighted by molar-refractivity contribution is -0.127. The van der Waals surface area contributed by atoms with Crippen molar-refractivity contribution in [1.29, 1.82) is 0 Å². The van der Waals surface area contributed by atoms with Crippen LogP contribution in [0.3, 0.4) is 0 Å². The Bertz CT molecular complexity index is 1210. The Morgan fingerprint density at radius 1 is 1.03 bits per heavy atom.